The fraction of sp³-hybridized carbons (Fsp3) is 0.500. The average Bonchev–Trinajstić information content (AvgIpc) is 2.52. The van der Waals surface area contributed by atoms with Gasteiger partial charge in [-0.1, -0.05) is 30.9 Å². The molecule has 2 rings (SSSR count). The van der Waals surface area contributed by atoms with Crippen LogP contribution in [0.5, 0.6) is 0 Å². The van der Waals surface area contributed by atoms with Gasteiger partial charge in [0.15, 0.2) is 0 Å². The van der Waals surface area contributed by atoms with E-state index in [0.29, 0.717) is 17.2 Å². The van der Waals surface area contributed by atoms with Crippen LogP contribution in [0, 0.1) is 17.8 Å². The Balaban J connectivity index is 2.16. The van der Waals surface area contributed by atoms with E-state index >= 15 is 0 Å². The van der Waals surface area contributed by atoms with Crippen molar-refractivity contribution in [1.82, 2.24) is 4.90 Å². The zero-order valence-electron chi connectivity index (χ0n) is 12.8. The summed E-state index contributed by atoms with van der Waals surface area (Å²) in [5.74, 6) is 6.28. The summed E-state index contributed by atoms with van der Waals surface area (Å²) in [5, 5.41) is 8.83. The number of carbonyl (C=O) groups excluding carboxylic acids is 1. The SMILES string of the molecule is CC1CCC(N(C)C(=O)c2ccccc2C#CCO)CC1. The lowest BCUT2D eigenvalue weighted by atomic mass is 9.86. The van der Waals surface area contributed by atoms with Gasteiger partial charge in [-0.25, -0.2) is 0 Å². The van der Waals surface area contributed by atoms with Crippen LogP contribution in [0.25, 0.3) is 0 Å². The van der Waals surface area contributed by atoms with Crippen LogP contribution in [0.1, 0.15) is 48.5 Å². The van der Waals surface area contributed by atoms with E-state index in [2.05, 4.69) is 18.8 Å². The number of carbonyl (C=O) groups is 1. The van der Waals surface area contributed by atoms with Crippen molar-refractivity contribution in [2.45, 2.75) is 38.6 Å². The fourth-order valence-corrected chi connectivity index (χ4v) is 2.90. The minimum absolute atomic E-state index is 0.0254. The molecule has 1 aliphatic carbocycles. The van der Waals surface area contributed by atoms with Crippen molar-refractivity contribution in [1.29, 1.82) is 0 Å². The number of benzene rings is 1. The second-order valence-corrected chi connectivity index (χ2v) is 5.84. The van der Waals surface area contributed by atoms with E-state index in [1.807, 2.05) is 36.2 Å². The highest BCUT2D eigenvalue weighted by molar-refractivity contribution is 5.96. The van der Waals surface area contributed by atoms with Gasteiger partial charge in [0.05, 0.1) is 5.56 Å². The maximum Gasteiger partial charge on any atom is 0.255 e. The summed E-state index contributed by atoms with van der Waals surface area (Å²) in [6, 6.07) is 7.68. The molecule has 1 amide bonds. The standard InChI is InChI=1S/C18H23NO2/c1-14-9-11-16(12-10-14)19(2)18(21)17-8-4-3-6-15(17)7-5-13-20/h3-4,6,8,14,16,20H,9-13H2,1-2H3. The summed E-state index contributed by atoms with van der Waals surface area (Å²) in [6.07, 6.45) is 4.53. The third-order valence-electron chi connectivity index (χ3n) is 4.31. The zero-order valence-corrected chi connectivity index (χ0v) is 12.8. The number of hydrogen-bond acceptors (Lipinski definition) is 2. The summed E-state index contributed by atoms with van der Waals surface area (Å²) >= 11 is 0. The molecule has 1 N–H and O–H groups in total. The molecule has 0 bridgehead atoms. The molecule has 0 radical (unpaired) electrons. The van der Waals surface area contributed by atoms with Gasteiger partial charge in [0.2, 0.25) is 0 Å². The Kier molecular flexibility index (Phi) is 5.41. The summed E-state index contributed by atoms with van der Waals surface area (Å²) in [6.45, 7) is 2.08. The predicted octanol–water partition coefficient (Wildman–Crippen LogP) is 2.68. The van der Waals surface area contributed by atoms with Crippen molar-refractivity contribution in [2.75, 3.05) is 13.7 Å². The van der Waals surface area contributed by atoms with Crippen molar-refractivity contribution in [3.05, 3.63) is 35.4 Å². The lowest BCUT2D eigenvalue weighted by Crippen LogP contribution is -2.39. The van der Waals surface area contributed by atoms with Gasteiger partial charge in [-0.15, -0.1) is 0 Å². The highest BCUT2D eigenvalue weighted by Crippen LogP contribution is 2.27. The molecule has 0 unspecified atom stereocenters. The molecular formula is C18H23NO2. The number of amides is 1. The Labute approximate surface area is 127 Å². The molecule has 0 atom stereocenters. The van der Waals surface area contributed by atoms with Crippen molar-refractivity contribution in [2.24, 2.45) is 5.92 Å². The molecule has 3 nitrogen and oxygen atoms in total. The van der Waals surface area contributed by atoms with Gasteiger partial charge in [-0.05, 0) is 43.7 Å². The van der Waals surface area contributed by atoms with E-state index < -0.39 is 0 Å². The zero-order chi connectivity index (χ0) is 15.2. The number of nitrogens with zero attached hydrogens (tertiary/aromatic N) is 1. The Morgan fingerprint density at radius 1 is 1.29 bits per heavy atom. The maximum atomic E-state index is 12.7. The molecule has 1 aromatic rings. The first kappa shape index (κ1) is 15.6. The van der Waals surface area contributed by atoms with Crippen LogP contribution in [-0.2, 0) is 0 Å². The minimum atomic E-state index is -0.196. The Bertz CT molecular complexity index is 548. The largest absolute Gasteiger partial charge is 0.384 e. The third-order valence-corrected chi connectivity index (χ3v) is 4.31. The number of aliphatic hydroxyl groups is 1. The van der Waals surface area contributed by atoms with Crippen LogP contribution >= 0.6 is 0 Å². The highest BCUT2D eigenvalue weighted by Gasteiger charge is 2.26. The molecular weight excluding hydrogens is 262 g/mol. The molecule has 0 aliphatic heterocycles. The molecule has 0 saturated heterocycles. The molecule has 112 valence electrons. The summed E-state index contributed by atoms with van der Waals surface area (Å²) in [5.41, 5.74) is 1.31. The molecule has 3 heteroatoms. The number of aliphatic hydroxyl groups excluding tert-OH is 1. The molecule has 1 aromatic carbocycles. The Morgan fingerprint density at radius 2 is 1.95 bits per heavy atom. The molecule has 21 heavy (non-hydrogen) atoms. The van der Waals surface area contributed by atoms with Crippen molar-refractivity contribution < 1.29 is 9.90 Å². The molecule has 0 spiro atoms. The minimum Gasteiger partial charge on any atom is -0.384 e. The van der Waals surface area contributed by atoms with Crippen molar-refractivity contribution >= 4 is 5.91 Å². The molecule has 0 aromatic heterocycles. The van der Waals surface area contributed by atoms with Crippen LogP contribution < -0.4 is 0 Å². The molecule has 0 heterocycles. The van der Waals surface area contributed by atoms with Gasteiger partial charge in [0.25, 0.3) is 5.91 Å². The lowest BCUT2D eigenvalue weighted by molar-refractivity contribution is 0.0679. The molecule has 1 aliphatic rings. The third kappa shape index (κ3) is 3.86. The molecule has 1 fully saturated rings. The van der Waals surface area contributed by atoms with Crippen LogP contribution in [-0.4, -0.2) is 35.6 Å². The second kappa shape index (κ2) is 7.28. The van der Waals surface area contributed by atoms with E-state index in [-0.39, 0.29) is 12.5 Å². The smallest absolute Gasteiger partial charge is 0.255 e. The van der Waals surface area contributed by atoms with Crippen LogP contribution in [0.3, 0.4) is 0 Å². The van der Waals surface area contributed by atoms with Gasteiger partial charge in [-0.2, -0.15) is 0 Å². The number of rotatable bonds is 2. The van der Waals surface area contributed by atoms with Gasteiger partial charge in [0.1, 0.15) is 6.61 Å². The maximum absolute atomic E-state index is 12.7. The van der Waals surface area contributed by atoms with E-state index in [1.54, 1.807) is 0 Å². The first-order valence-electron chi connectivity index (χ1n) is 7.59. The van der Waals surface area contributed by atoms with Gasteiger partial charge in [-0.3, -0.25) is 4.79 Å². The van der Waals surface area contributed by atoms with Crippen LogP contribution in [0.2, 0.25) is 0 Å². The van der Waals surface area contributed by atoms with Crippen LogP contribution in [0.4, 0.5) is 0 Å². The molecule has 1 saturated carbocycles. The van der Waals surface area contributed by atoms with Crippen molar-refractivity contribution in [3.63, 3.8) is 0 Å². The van der Waals surface area contributed by atoms with Gasteiger partial charge < -0.3 is 10.0 Å². The topological polar surface area (TPSA) is 40.5 Å². The fourth-order valence-electron chi connectivity index (χ4n) is 2.90. The Morgan fingerprint density at radius 3 is 2.62 bits per heavy atom. The first-order chi connectivity index (χ1) is 10.1. The summed E-state index contributed by atoms with van der Waals surface area (Å²) < 4.78 is 0. The van der Waals surface area contributed by atoms with Gasteiger partial charge >= 0.3 is 0 Å². The predicted molar refractivity (Wildman–Crippen MR) is 83.9 cm³/mol. The van der Waals surface area contributed by atoms with Gasteiger partial charge in [0, 0.05) is 18.7 Å². The van der Waals surface area contributed by atoms with Crippen molar-refractivity contribution in [3.8, 4) is 11.8 Å². The van der Waals surface area contributed by atoms with E-state index in [4.69, 9.17) is 5.11 Å². The number of hydrogen-bond donors (Lipinski definition) is 1. The monoisotopic (exact) mass is 285 g/mol. The second-order valence-electron chi connectivity index (χ2n) is 5.84. The van der Waals surface area contributed by atoms with E-state index in [0.717, 1.165) is 18.8 Å². The summed E-state index contributed by atoms with van der Waals surface area (Å²) in [4.78, 5) is 14.6. The quantitative estimate of drug-likeness (QED) is 0.849. The lowest BCUT2D eigenvalue weighted by Gasteiger charge is -2.33. The Hall–Kier alpha value is -1.79. The normalized spacial score (nSPS) is 21.3. The average molecular weight is 285 g/mol. The van der Waals surface area contributed by atoms with E-state index in [1.165, 1.54) is 12.8 Å². The first-order valence-corrected chi connectivity index (χ1v) is 7.59. The van der Waals surface area contributed by atoms with E-state index in [9.17, 15) is 4.79 Å². The summed E-state index contributed by atoms with van der Waals surface area (Å²) in [7, 11) is 1.89. The highest BCUT2D eigenvalue weighted by atomic mass is 16.2. The van der Waals surface area contributed by atoms with Crippen LogP contribution in [0.15, 0.2) is 24.3 Å².